The van der Waals surface area contributed by atoms with E-state index in [1.807, 2.05) is 37.3 Å². The number of ketones is 2. The quantitative estimate of drug-likeness (QED) is 0.0463. The fourth-order valence-corrected chi connectivity index (χ4v) is 4.75. The highest BCUT2D eigenvalue weighted by atomic mass is 16.6. The van der Waals surface area contributed by atoms with Crippen molar-refractivity contribution in [3.8, 4) is 0 Å². The predicted octanol–water partition coefficient (Wildman–Crippen LogP) is 4.32. The molecule has 0 aliphatic heterocycles. The van der Waals surface area contributed by atoms with Crippen molar-refractivity contribution in [3.05, 3.63) is 46.3 Å². The number of carbonyl (C=O) groups excluding carboxylic acids is 6. The summed E-state index contributed by atoms with van der Waals surface area (Å²) < 4.78 is 15.9. The smallest absolute Gasteiger partial charge is 0.407 e. The lowest BCUT2D eigenvalue weighted by Gasteiger charge is -2.24. The molecule has 1 rings (SSSR count). The maximum Gasteiger partial charge on any atom is 0.407 e. The summed E-state index contributed by atoms with van der Waals surface area (Å²) in [6.45, 7) is 9.14. The highest BCUT2D eigenvalue weighted by Gasteiger charge is 2.32. The average molecular weight is 689 g/mol. The zero-order valence-electron chi connectivity index (χ0n) is 29.3. The van der Waals surface area contributed by atoms with Crippen LogP contribution in [0.2, 0.25) is 0 Å². The van der Waals surface area contributed by atoms with Gasteiger partial charge in [-0.2, -0.15) is 0 Å². The Morgan fingerprint density at radius 3 is 2.24 bits per heavy atom. The second-order valence-corrected chi connectivity index (χ2v) is 12.6. The molecule has 0 saturated carbocycles. The fourth-order valence-electron chi connectivity index (χ4n) is 4.75. The molecule has 0 spiro atoms. The van der Waals surface area contributed by atoms with E-state index in [4.69, 9.17) is 19.7 Å². The van der Waals surface area contributed by atoms with Gasteiger partial charge < -0.3 is 35.0 Å². The molecule has 272 valence electrons. The van der Waals surface area contributed by atoms with Crippen molar-refractivity contribution < 1.29 is 43.0 Å². The first-order valence-electron chi connectivity index (χ1n) is 16.6. The first-order chi connectivity index (χ1) is 23.2. The maximum absolute atomic E-state index is 13.5. The monoisotopic (exact) mass is 688 g/mol. The lowest BCUT2D eigenvalue weighted by Crippen LogP contribution is -2.46. The molecule has 3 amide bonds. The highest BCUT2D eigenvalue weighted by molar-refractivity contribution is 5.94. The SMILES string of the molecule is CCC[C@@H](NC(=O)[C@H](CCCNC(=O)OCc1ccccc1)CC(C)=O)C(=O)C[C@@H](CC(=O)OC(C)(C)C)C(=O)NCCOCCN=[N+]=[N-]. The van der Waals surface area contributed by atoms with Gasteiger partial charge in [-0.05, 0) is 58.1 Å². The summed E-state index contributed by atoms with van der Waals surface area (Å²) in [5.74, 6) is -4.14. The van der Waals surface area contributed by atoms with Gasteiger partial charge in [0.05, 0.1) is 31.6 Å². The van der Waals surface area contributed by atoms with Crippen LogP contribution in [-0.4, -0.2) is 79.9 Å². The Bertz CT molecular complexity index is 1260. The van der Waals surface area contributed by atoms with Crippen LogP contribution in [0.5, 0.6) is 0 Å². The van der Waals surface area contributed by atoms with E-state index in [0.29, 0.717) is 12.8 Å². The van der Waals surface area contributed by atoms with Crippen LogP contribution >= 0.6 is 0 Å². The molecule has 0 heterocycles. The van der Waals surface area contributed by atoms with Crippen LogP contribution in [0.3, 0.4) is 0 Å². The van der Waals surface area contributed by atoms with E-state index < -0.39 is 53.1 Å². The molecule has 0 aliphatic rings. The van der Waals surface area contributed by atoms with Crippen LogP contribution in [0.1, 0.15) is 85.1 Å². The number of hydrogen-bond donors (Lipinski definition) is 3. The third-order valence-electron chi connectivity index (χ3n) is 6.99. The number of ether oxygens (including phenoxy) is 3. The topological polar surface area (TPSA) is 215 Å². The van der Waals surface area contributed by atoms with Crippen LogP contribution in [0.15, 0.2) is 35.4 Å². The van der Waals surface area contributed by atoms with Gasteiger partial charge in [-0.15, -0.1) is 0 Å². The number of nitrogens with one attached hydrogen (secondary N) is 3. The molecule has 0 saturated heterocycles. The second-order valence-electron chi connectivity index (χ2n) is 12.6. The van der Waals surface area contributed by atoms with Gasteiger partial charge in [0.15, 0.2) is 5.78 Å². The van der Waals surface area contributed by atoms with Crippen molar-refractivity contribution in [3.63, 3.8) is 0 Å². The summed E-state index contributed by atoms with van der Waals surface area (Å²) >= 11 is 0. The Labute approximate surface area is 288 Å². The number of nitrogens with zero attached hydrogens (tertiary/aromatic N) is 3. The van der Waals surface area contributed by atoms with Crippen LogP contribution < -0.4 is 16.0 Å². The zero-order valence-corrected chi connectivity index (χ0v) is 29.3. The summed E-state index contributed by atoms with van der Waals surface area (Å²) in [4.78, 5) is 79.4. The molecule has 15 heteroatoms. The molecule has 0 unspecified atom stereocenters. The standard InChI is InChI=1S/C34H52N6O9/c1-6-11-28(29(42)21-27(22-30(43)49-34(3,4)5)31(44)36-16-18-47-19-17-38-40-35)39-32(45)26(20-24(2)41)14-10-15-37-33(46)48-23-25-12-8-7-9-13-25/h7-9,12-13,26-28H,6,10-11,14-23H2,1-5H3,(H,36,44)(H,37,46)(H,39,45)/t26-,27+,28-/m1/s1. The molecule has 0 aliphatic carbocycles. The first-order valence-corrected chi connectivity index (χ1v) is 16.6. The van der Waals surface area contributed by atoms with Gasteiger partial charge in [0.2, 0.25) is 11.8 Å². The van der Waals surface area contributed by atoms with Crippen LogP contribution in [0.4, 0.5) is 4.79 Å². The molecular formula is C34H52N6O9. The van der Waals surface area contributed by atoms with E-state index in [9.17, 15) is 28.8 Å². The van der Waals surface area contributed by atoms with Crippen molar-refractivity contribution >= 4 is 35.4 Å². The molecular weight excluding hydrogens is 636 g/mol. The van der Waals surface area contributed by atoms with Gasteiger partial charge in [-0.25, -0.2) is 4.79 Å². The summed E-state index contributed by atoms with van der Waals surface area (Å²) in [5.41, 5.74) is 8.37. The number of rotatable bonds is 24. The van der Waals surface area contributed by atoms with Gasteiger partial charge in [0.25, 0.3) is 0 Å². The van der Waals surface area contributed by atoms with Gasteiger partial charge in [-0.3, -0.25) is 19.2 Å². The Morgan fingerprint density at radius 2 is 1.61 bits per heavy atom. The predicted molar refractivity (Wildman–Crippen MR) is 181 cm³/mol. The van der Waals surface area contributed by atoms with E-state index in [0.717, 1.165) is 5.56 Å². The minimum Gasteiger partial charge on any atom is -0.460 e. The third-order valence-corrected chi connectivity index (χ3v) is 6.99. The number of amides is 3. The molecule has 0 bridgehead atoms. The van der Waals surface area contributed by atoms with E-state index >= 15 is 0 Å². The van der Waals surface area contributed by atoms with Gasteiger partial charge >= 0.3 is 12.1 Å². The van der Waals surface area contributed by atoms with Crippen molar-refractivity contribution in [2.75, 3.05) is 32.8 Å². The van der Waals surface area contributed by atoms with Crippen LogP contribution in [0, 0.1) is 11.8 Å². The Balaban J connectivity index is 2.84. The number of benzene rings is 1. The van der Waals surface area contributed by atoms with Gasteiger partial charge in [0.1, 0.15) is 18.0 Å². The van der Waals surface area contributed by atoms with Crippen molar-refractivity contribution in [1.29, 1.82) is 0 Å². The summed E-state index contributed by atoms with van der Waals surface area (Å²) in [6, 6.07) is 8.26. The molecule has 49 heavy (non-hydrogen) atoms. The van der Waals surface area contributed by atoms with Crippen LogP contribution in [0.25, 0.3) is 10.4 Å². The van der Waals surface area contributed by atoms with E-state index in [1.54, 1.807) is 20.8 Å². The largest absolute Gasteiger partial charge is 0.460 e. The summed E-state index contributed by atoms with van der Waals surface area (Å²) in [7, 11) is 0. The van der Waals surface area contributed by atoms with Crippen molar-refractivity contribution in [1.82, 2.24) is 16.0 Å². The fraction of sp³-hybridized carbons (Fsp3) is 0.647. The zero-order chi connectivity index (χ0) is 36.7. The Morgan fingerprint density at radius 1 is 0.898 bits per heavy atom. The van der Waals surface area contributed by atoms with Crippen molar-refractivity contribution in [2.45, 2.75) is 97.8 Å². The lowest BCUT2D eigenvalue weighted by atomic mass is 9.91. The number of Topliss-reactive ketones (excluding diaryl/α,β-unsaturated/α-hetero) is 2. The number of hydrogen-bond acceptors (Lipinski definition) is 10. The van der Waals surface area contributed by atoms with E-state index in [1.165, 1.54) is 6.92 Å². The number of azide groups is 1. The molecule has 15 nitrogen and oxygen atoms in total. The van der Waals surface area contributed by atoms with Crippen molar-refractivity contribution in [2.24, 2.45) is 17.0 Å². The van der Waals surface area contributed by atoms with Crippen LogP contribution in [-0.2, 0) is 44.8 Å². The van der Waals surface area contributed by atoms with Gasteiger partial charge in [-0.1, -0.05) is 48.8 Å². The lowest BCUT2D eigenvalue weighted by molar-refractivity contribution is -0.157. The molecule has 3 atom stereocenters. The van der Waals surface area contributed by atoms with Gasteiger partial charge in [0, 0.05) is 43.3 Å². The second kappa shape index (κ2) is 23.8. The highest BCUT2D eigenvalue weighted by Crippen LogP contribution is 2.19. The number of alkyl carbamates (subject to hydrolysis) is 1. The minimum absolute atomic E-state index is 0.0497. The van der Waals surface area contributed by atoms with E-state index in [-0.39, 0.29) is 77.3 Å². The molecule has 3 N–H and O–H groups in total. The van der Waals surface area contributed by atoms with E-state index in [2.05, 4.69) is 26.0 Å². The number of carbonyl (C=O) groups is 6. The minimum atomic E-state index is -1.07. The number of esters is 1. The summed E-state index contributed by atoms with van der Waals surface area (Å²) in [5, 5.41) is 11.4. The molecule has 1 aromatic carbocycles. The molecule has 1 aromatic rings. The summed E-state index contributed by atoms with van der Waals surface area (Å²) in [6.07, 6.45) is 0.134. The maximum atomic E-state index is 13.5. The Hall–Kier alpha value is -4.49. The molecule has 0 fully saturated rings. The molecule has 0 aromatic heterocycles. The third kappa shape index (κ3) is 20.5. The Kier molecular flexibility index (Phi) is 20.6. The average Bonchev–Trinajstić information content (AvgIpc) is 3.03. The molecule has 0 radical (unpaired) electrons. The normalized spacial score (nSPS) is 12.8. The first kappa shape index (κ1) is 42.5.